The Morgan fingerprint density at radius 1 is 1.29 bits per heavy atom. The van der Waals surface area contributed by atoms with Gasteiger partial charge in [0.1, 0.15) is 5.75 Å². The molecule has 0 unspecified atom stereocenters. The van der Waals surface area contributed by atoms with Gasteiger partial charge in [-0.15, -0.1) is 0 Å². The van der Waals surface area contributed by atoms with E-state index in [9.17, 15) is 8.78 Å². The van der Waals surface area contributed by atoms with Gasteiger partial charge in [-0.1, -0.05) is 0 Å². The van der Waals surface area contributed by atoms with E-state index >= 15 is 0 Å². The van der Waals surface area contributed by atoms with Crippen molar-refractivity contribution in [1.29, 1.82) is 0 Å². The summed E-state index contributed by atoms with van der Waals surface area (Å²) in [7, 11) is 1.59. The van der Waals surface area contributed by atoms with Gasteiger partial charge in [-0.25, -0.2) is 8.78 Å². The van der Waals surface area contributed by atoms with Crippen molar-refractivity contribution in [1.82, 2.24) is 5.32 Å². The molecule has 0 saturated carbocycles. The molecule has 1 heterocycles. The van der Waals surface area contributed by atoms with E-state index < -0.39 is 6.43 Å². The Hall–Kier alpha value is -1.16. The van der Waals surface area contributed by atoms with Gasteiger partial charge in [0.15, 0.2) is 0 Å². The Balaban J connectivity index is 2.30. The molecule has 17 heavy (non-hydrogen) atoms. The second-order valence-electron chi connectivity index (χ2n) is 4.33. The molecular formula is C13H17F2NO. The zero-order chi connectivity index (χ0) is 12.3. The van der Waals surface area contributed by atoms with Gasteiger partial charge >= 0.3 is 0 Å². The van der Waals surface area contributed by atoms with Gasteiger partial charge in [-0.3, -0.25) is 0 Å². The van der Waals surface area contributed by atoms with Crippen LogP contribution in [0.1, 0.15) is 36.3 Å². The second-order valence-corrected chi connectivity index (χ2v) is 4.33. The number of halogens is 2. The second kappa shape index (κ2) is 5.45. The summed E-state index contributed by atoms with van der Waals surface area (Å²) < 4.78 is 30.7. The Labute approximate surface area is 100.0 Å². The number of nitrogens with one attached hydrogen (secondary N) is 1. The predicted molar refractivity (Wildman–Crippen MR) is 62.8 cm³/mol. The fourth-order valence-corrected chi connectivity index (χ4v) is 2.34. The number of ether oxygens (including phenoxy) is 1. The van der Waals surface area contributed by atoms with Gasteiger partial charge in [0.05, 0.1) is 7.11 Å². The molecule has 4 heteroatoms. The lowest BCUT2D eigenvalue weighted by atomic mass is 9.88. The first-order valence-corrected chi connectivity index (χ1v) is 5.89. The van der Waals surface area contributed by atoms with E-state index in [1.807, 2.05) is 0 Å². The molecule has 1 aromatic rings. The molecular weight excluding hydrogens is 224 g/mol. The summed E-state index contributed by atoms with van der Waals surface area (Å²) in [5.41, 5.74) is 1.01. The molecule has 0 aromatic heterocycles. The van der Waals surface area contributed by atoms with Gasteiger partial charge in [0.25, 0.3) is 6.43 Å². The molecule has 0 amide bonds. The number of benzene rings is 1. The minimum atomic E-state index is -2.42. The monoisotopic (exact) mass is 241 g/mol. The maximum absolute atomic E-state index is 12.7. The van der Waals surface area contributed by atoms with Crippen molar-refractivity contribution in [2.75, 3.05) is 20.2 Å². The van der Waals surface area contributed by atoms with E-state index in [1.165, 1.54) is 6.07 Å². The summed E-state index contributed by atoms with van der Waals surface area (Å²) in [5, 5.41) is 3.27. The Morgan fingerprint density at radius 2 is 2.00 bits per heavy atom. The molecule has 0 radical (unpaired) electrons. The fraction of sp³-hybridized carbons (Fsp3) is 0.538. The standard InChI is InChI=1S/C13H17F2NO/c1-17-12-3-2-10(13(14)15)8-11(12)9-4-6-16-7-5-9/h2-3,8-9,13,16H,4-7H2,1H3. The van der Waals surface area contributed by atoms with E-state index in [2.05, 4.69) is 5.32 Å². The normalized spacial score (nSPS) is 17.4. The highest BCUT2D eigenvalue weighted by molar-refractivity contribution is 5.40. The van der Waals surface area contributed by atoms with Crippen molar-refractivity contribution in [3.05, 3.63) is 29.3 Å². The highest BCUT2D eigenvalue weighted by atomic mass is 19.3. The van der Waals surface area contributed by atoms with Crippen LogP contribution in [-0.4, -0.2) is 20.2 Å². The van der Waals surface area contributed by atoms with E-state index in [1.54, 1.807) is 19.2 Å². The Bertz CT molecular complexity index is 376. The molecule has 1 fully saturated rings. The van der Waals surface area contributed by atoms with Crippen molar-refractivity contribution in [3.63, 3.8) is 0 Å². The van der Waals surface area contributed by atoms with Crippen LogP contribution in [0.4, 0.5) is 8.78 Å². The smallest absolute Gasteiger partial charge is 0.263 e. The molecule has 1 aliphatic rings. The molecule has 2 nitrogen and oxygen atoms in total. The maximum Gasteiger partial charge on any atom is 0.263 e. The van der Waals surface area contributed by atoms with Crippen LogP contribution in [0.25, 0.3) is 0 Å². The lowest BCUT2D eigenvalue weighted by Gasteiger charge is -2.25. The average Bonchev–Trinajstić information content (AvgIpc) is 2.39. The van der Waals surface area contributed by atoms with Crippen molar-refractivity contribution in [3.8, 4) is 5.75 Å². The molecule has 0 atom stereocenters. The topological polar surface area (TPSA) is 21.3 Å². The summed E-state index contributed by atoms with van der Waals surface area (Å²) in [4.78, 5) is 0. The van der Waals surface area contributed by atoms with Gasteiger partial charge in [0.2, 0.25) is 0 Å². The first-order valence-electron chi connectivity index (χ1n) is 5.89. The maximum atomic E-state index is 12.7. The first kappa shape index (κ1) is 12.3. The quantitative estimate of drug-likeness (QED) is 0.878. The molecule has 2 rings (SSSR count). The van der Waals surface area contributed by atoms with E-state index in [0.29, 0.717) is 5.92 Å². The molecule has 0 bridgehead atoms. The first-order chi connectivity index (χ1) is 8.22. The van der Waals surface area contributed by atoms with Crippen LogP contribution in [0.5, 0.6) is 5.75 Å². The zero-order valence-corrected chi connectivity index (χ0v) is 9.88. The van der Waals surface area contributed by atoms with Crippen LogP contribution in [0.3, 0.4) is 0 Å². The minimum absolute atomic E-state index is 0.0827. The Kier molecular flexibility index (Phi) is 3.94. The van der Waals surface area contributed by atoms with Crippen LogP contribution in [0.2, 0.25) is 0 Å². The van der Waals surface area contributed by atoms with Crippen LogP contribution >= 0.6 is 0 Å². The third-order valence-electron chi connectivity index (χ3n) is 3.28. The van der Waals surface area contributed by atoms with Crippen LogP contribution in [0.15, 0.2) is 18.2 Å². The highest BCUT2D eigenvalue weighted by Gasteiger charge is 2.20. The summed E-state index contributed by atoms with van der Waals surface area (Å²) in [6.45, 7) is 1.87. The summed E-state index contributed by atoms with van der Waals surface area (Å²) in [6, 6.07) is 4.69. The van der Waals surface area contributed by atoms with Crippen molar-refractivity contribution in [2.24, 2.45) is 0 Å². The molecule has 0 spiro atoms. The van der Waals surface area contributed by atoms with Gasteiger partial charge in [-0.2, -0.15) is 0 Å². The van der Waals surface area contributed by atoms with Crippen molar-refractivity contribution < 1.29 is 13.5 Å². The number of alkyl halides is 2. The van der Waals surface area contributed by atoms with Gasteiger partial charge in [-0.05, 0) is 55.6 Å². The SMILES string of the molecule is COc1ccc(C(F)F)cc1C1CCNCC1. The third-order valence-corrected chi connectivity index (χ3v) is 3.28. The van der Waals surface area contributed by atoms with Crippen LogP contribution < -0.4 is 10.1 Å². The van der Waals surface area contributed by atoms with Crippen LogP contribution in [-0.2, 0) is 0 Å². The van der Waals surface area contributed by atoms with Crippen molar-refractivity contribution >= 4 is 0 Å². The van der Waals surface area contributed by atoms with Crippen molar-refractivity contribution in [2.45, 2.75) is 25.2 Å². The number of rotatable bonds is 3. The number of methoxy groups -OCH3 is 1. The fourth-order valence-electron chi connectivity index (χ4n) is 2.34. The predicted octanol–water partition coefficient (Wildman–Crippen LogP) is 3.10. The zero-order valence-electron chi connectivity index (χ0n) is 9.88. The number of hydrogen-bond acceptors (Lipinski definition) is 2. The van der Waals surface area contributed by atoms with Gasteiger partial charge < -0.3 is 10.1 Å². The average molecular weight is 241 g/mol. The molecule has 1 saturated heterocycles. The van der Waals surface area contributed by atoms with E-state index in [0.717, 1.165) is 37.2 Å². The lowest BCUT2D eigenvalue weighted by Crippen LogP contribution is -2.26. The lowest BCUT2D eigenvalue weighted by molar-refractivity contribution is 0.151. The summed E-state index contributed by atoms with van der Waals surface area (Å²) in [6.07, 6.45) is -0.465. The largest absolute Gasteiger partial charge is 0.496 e. The van der Waals surface area contributed by atoms with Gasteiger partial charge in [0, 0.05) is 5.56 Å². The highest BCUT2D eigenvalue weighted by Crippen LogP contribution is 2.35. The number of piperidine rings is 1. The van der Waals surface area contributed by atoms with E-state index in [4.69, 9.17) is 4.74 Å². The van der Waals surface area contributed by atoms with E-state index in [-0.39, 0.29) is 5.56 Å². The molecule has 1 aromatic carbocycles. The molecule has 1 N–H and O–H groups in total. The molecule has 1 aliphatic heterocycles. The van der Waals surface area contributed by atoms with Crippen LogP contribution in [0, 0.1) is 0 Å². The summed E-state index contributed by atoms with van der Waals surface area (Å²) >= 11 is 0. The molecule has 94 valence electrons. The summed E-state index contributed by atoms with van der Waals surface area (Å²) in [5.74, 6) is 1.05. The molecule has 0 aliphatic carbocycles. The third kappa shape index (κ3) is 2.75. The number of hydrogen-bond donors (Lipinski definition) is 1. The Morgan fingerprint density at radius 3 is 2.59 bits per heavy atom. The minimum Gasteiger partial charge on any atom is -0.496 e.